The van der Waals surface area contributed by atoms with E-state index in [2.05, 4.69) is 5.32 Å². The normalized spacial score (nSPS) is 15.4. The molecule has 2 amide bonds. The number of amides is 2. The lowest BCUT2D eigenvalue weighted by atomic mass is 10.1. The van der Waals surface area contributed by atoms with Crippen molar-refractivity contribution >= 4 is 27.7 Å². The van der Waals surface area contributed by atoms with Crippen molar-refractivity contribution in [2.45, 2.75) is 11.1 Å². The van der Waals surface area contributed by atoms with Crippen LogP contribution in [0.2, 0.25) is 0 Å². The van der Waals surface area contributed by atoms with E-state index in [0.717, 1.165) is 0 Å². The van der Waals surface area contributed by atoms with E-state index >= 15 is 0 Å². The molecule has 148 valence electrons. The van der Waals surface area contributed by atoms with Gasteiger partial charge in [0.1, 0.15) is 5.56 Å². The Kier molecular flexibility index (Phi) is 5.01. The van der Waals surface area contributed by atoms with Gasteiger partial charge >= 0.3 is 12.0 Å². The van der Waals surface area contributed by atoms with Gasteiger partial charge in [-0.15, -0.1) is 0 Å². The van der Waals surface area contributed by atoms with Gasteiger partial charge in [-0.25, -0.2) is 22.7 Å². The third-order valence-electron chi connectivity index (χ3n) is 3.99. The van der Waals surface area contributed by atoms with E-state index in [9.17, 15) is 18.0 Å². The Hall–Kier alpha value is -3.47. The maximum atomic E-state index is 12.3. The Morgan fingerprint density at radius 3 is 2.36 bits per heavy atom. The number of methoxy groups -OCH3 is 2. The van der Waals surface area contributed by atoms with Crippen LogP contribution in [0.1, 0.15) is 22.1 Å². The molecular formula is C17H17N3O7S. The molecule has 0 fully saturated rings. The summed E-state index contributed by atoms with van der Waals surface area (Å²) in [7, 11) is -1.16. The summed E-state index contributed by atoms with van der Waals surface area (Å²) in [5, 5.41) is 2.99. The fourth-order valence-electron chi connectivity index (χ4n) is 2.78. The summed E-state index contributed by atoms with van der Waals surface area (Å²) < 4.78 is 41.3. The maximum Gasteiger partial charge on any atom is 0.344 e. The summed E-state index contributed by atoms with van der Waals surface area (Å²) in [6, 6.07) is 7.62. The van der Waals surface area contributed by atoms with Crippen molar-refractivity contribution in [2.24, 2.45) is 5.73 Å². The molecule has 0 aromatic heterocycles. The van der Waals surface area contributed by atoms with Crippen LogP contribution in [0.15, 0.2) is 41.3 Å². The fourth-order valence-corrected chi connectivity index (χ4v) is 3.66. The number of fused-ring (bicyclic) bond motifs is 1. The Morgan fingerprint density at radius 2 is 1.79 bits per heavy atom. The van der Waals surface area contributed by atoms with Gasteiger partial charge in [-0.05, 0) is 36.4 Å². The van der Waals surface area contributed by atoms with Crippen molar-refractivity contribution in [2.75, 3.05) is 19.5 Å². The molecular weight excluding hydrogens is 390 g/mol. The number of benzene rings is 2. The first-order chi connectivity index (χ1) is 13.3. The van der Waals surface area contributed by atoms with Gasteiger partial charge in [0.15, 0.2) is 11.5 Å². The number of rotatable bonds is 6. The van der Waals surface area contributed by atoms with E-state index in [1.165, 1.54) is 38.5 Å². The van der Waals surface area contributed by atoms with Gasteiger partial charge in [0.25, 0.3) is 10.0 Å². The predicted octanol–water partition coefficient (Wildman–Crippen LogP) is 1.34. The number of nitrogens with one attached hydrogen (secondary N) is 2. The average Bonchev–Trinajstić information content (AvgIpc) is 2.96. The number of sulfonamides is 1. The zero-order valence-corrected chi connectivity index (χ0v) is 15.7. The van der Waals surface area contributed by atoms with Crippen LogP contribution in [0.4, 0.5) is 10.5 Å². The van der Waals surface area contributed by atoms with Crippen LogP contribution in [-0.2, 0) is 14.8 Å². The van der Waals surface area contributed by atoms with E-state index in [1.807, 2.05) is 0 Å². The van der Waals surface area contributed by atoms with Crippen molar-refractivity contribution in [3.63, 3.8) is 0 Å². The molecule has 0 bridgehead atoms. The minimum atomic E-state index is -4.05. The number of ether oxygens (including phenoxy) is 3. The summed E-state index contributed by atoms with van der Waals surface area (Å²) in [4.78, 5) is 22.9. The molecule has 2 aromatic carbocycles. The van der Waals surface area contributed by atoms with Gasteiger partial charge in [-0.1, -0.05) is 0 Å². The van der Waals surface area contributed by atoms with Crippen LogP contribution in [0.3, 0.4) is 0 Å². The molecule has 0 unspecified atom stereocenters. The van der Waals surface area contributed by atoms with E-state index in [1.54, 1.807) is 16.9 Å². The molecule has 1 aliphatic heterocycles. The van der Waals surface area contributed by atoms with Crippen LogP contribution in [0.5, 0.6) is 11.5 Å². The van der Waals surface area contributed by atoms with Crippen molar-refractivity contribution in [3.05, 3.63) is 47.5 Å². The average molecular weight is 407 g/mol. The van der Waals surface area contributed by atoms with Gasteiger partial charge in [0.2, 0.25) is 6.23 Å². The smallest absolute Gasteiger partial charge is 0.344 e. The van der Waals surface area contributed by atoms with E-state index in [4.69, 9.17) is 19.9 Å². The molecule has 1 aliphatic rings. The molecule has 10 nitrogen and oxygen atoms in total. The number of esters is 1. The molecule has 1 heterocycles. The molecule has 3 rings (SSSR count). The highest BCUT2D eigenvalue weighted by atomic mass is 32.2. The number of hydrogen-bond donors (Lipinski definition) is 3. The third-order valence-corrected chi connectivity index (χ3v) is 5.35. The van der Waals surface area contributed by atoms with Gasteiger partial charge < -0.3 is 25.3 Å². The molecule has 0 saturated heterocycles. The summed E-state index contributed by atoms with van der Waals surface area (Å²) >= 11 is 0. The van der Waals surface area contributed by atoms with Crippen molar-refractivity contribution in [1.29, 1.82) is 0 Å². The number of anilines is 1. The number of primary amides is 1. The molecule has 11 heteroatoms. The summed E-state index contributed by atoms with van der Waals surface area (Å²) in [6.45, 7) is 0. The van der Waals surface area contributed by atoms with Crippen LogP contribution in [0.25, 0.3) is 0 Å². The highest BCUT2D eigenvalue weighted by molar-refractivity contribution is 7.90. The Bertz CT molecular complexity index is 1040. The highest BCUT2D eigenvalue weighted by Crippen LogP contribution is 2.42. The van der Waals surface area contributed by atoms with Gasteiger partial charge in [0, 0.05) is 11.3 Å². The monoisotopic (exact) mass is 407 g/mol. The van der Waals surface area contributed by atoms with E-state index < -0.39 is 28.3 Å². The van der Waals surface area contributed by atoms with Crippen LogP contribution in [0, 0.1) is 0 Å². The Balaban J connectivity index is 1.85. The topological polar surface area (TPSA) is 146 Å². The maximum absolute atomic E-state index is 12.3. The van der Waals surface area contributed by atoms with Gasteiger partial charge in [-0.3, -0.25) is 0 Å². The second-order valence-corrected chi connectivity index (χ2v) is 7.37. The number of carbonyl (C=O) groups is 2. The minimum absolute atomic E-state index is 0.146. The predicted molar refractivity (Wildman–Crippen MR) is 97.7 cm³/mol. The number of carbonyl (C=O) groups excluding carboxylic acids is 2. The molecule has 0 saturated carbocycles. The SMILES string of the molecule is COc1ccc2c(c1OC)C(=O)O[C@H]2Nc1ccc(S(=O)(=O)NC(N)=O)cc1. The lowest BCUT2D eigenvalue weighted by Crippen LogP contribution is -2.34. The second-order valence-electron chi connectivity index (χ2n) is 5.69. The summed E-state index contributed by atoms with van der Waals surface area (Å²) in [5.74, 6) is 0.0942. The first-order valence-corrected chi connectivity index (χ1v) is 9.40. The minimum Gasteiger partial charge on any atom is -0.493 e. The van der Waals surface area contributed by atoms with Gasteiger partial charge in [-0.2, -0.15) is 0 Å². The molecule has 1 atom stereocenters. The lowest BCUT2D eigenvalue weighted by Gasteiger charge is -2.15. The first-order valence-electron chi connectivity index (χ1n) is 7.91. The first kappa shape index (κ1) is 19.3. The molecule has 0 radical (unpaired) electrons. The van der Waals surface area contributed by atoms with Crippen LogP contribution in [-0.4, -0.2) is 34.6 Å². The highest BCUT2D eigenvalue weighted by Gasteiger charge is 2.35. The Morgan fingerprint density at radius 1 is 1.11 bits per heavy atom. The molecule has 0 aliphatic carbocycles. The molecule has 4 N–H and O–H groups in total. The number of urea groups is 1. The van der Waals surface area contributed by atoms with Crippen LogP contribution < -0.4 is 25.2 Å². The third kappa shape index (κ3) is 3.51. The molecule has 0 spiro atoms. The molecule has 2 aromatic rings. The quantitative estimate of drug-likeness (QED) is 0.608. The number of hydrogen-bond acceptors (Lipinski definition) is 8. The standard InChI is InChI=1S/C17H17N3O7S/c1-25-12-8-7-11-13(14(12)26-2)16(21)27-15(11)19-9-3-5-10(6-4-9)28(23,24)20-17(18)22/h3-8,15,19H,1-2H3,(H3,18,20,22)/t15-/m1/s1. The second kappa shape index (κ2) is 7.27. The Labute approximate surface area is 160 Å². The zero-order chi connectivity index (χ0) is 20.5. The number of nitrogens with two attached hydrogens (primary N) is 1. The van der Waals surface area contributed by atoms with E-state index in [-0.39, 0.29) is 16.2 Å². The van der Waals surface area contributed by atoms with Crippen molar-refractivity contribution in [1.82, 2.24) is 4.72 Å². The fraction of sp³-hybridized carbons (Fsp3) is 0.176. The zero-order valence-electron chi connectivity index (χ0n) is 14.9. The molecule has 28 heavy (non-hydrogen) atoms. The summed E-state index contributed by atoms with van der Waals surface area (Å²) in [5.41, 5.74) is 6.14. The lowest BCUT2D eigenvalue weighted by molar-refractivity contribution is 0.0435. The summed E-state index contributed by atoms with van der Waals surface area (Å²) in [6.07, 6.45) is -0.798. The van der Waals surface area contributed by atoms with Crippen LogP contribution >= 0.6 is 0 Å². The van der Waals surface area contributed by atoms with Crippen molar-refractivity contribution < 1.29 is 32.2 Å². The van der Waals surface area contributed by atoms with E-state index in [0.29, 0.717) is 17.0 Å². The van der Waals surface area contributed by atoms with Crippen molar-refractivity contribution in [3.8, 4) is 11.5 Å². The van der Waals surface area contributed by atoms with Gasteiger partial charge in [0.05, 0.1) is 19.1 Å². The number of cyclic esters (lactones) is 1. The largest absolute Gasteiger partial charge is 0.493 e.